The Morgan fingerprint density at radius 1 is 0.821 bits per heavy atom. The van der Waals surface area contributed by atoms with Crippen LogP contribution in [0.25, 0.3) is 45.3 Å². The Morgan fingerprint density at radius 2 is 1.54 bits per heavy atom. The van der Waals surface area contributed by atoms with E-state index in [2.05, 4.69) is 20.1 Å². The fraction of sp³-hybridized carbons (Fsp3) is 0.0455. The molecule has 0 unspecified atom stereocenters. The Bertz CT molecular complexity index is 1270. The molecule has 2 heterocycles. The van der Waals surface area contributed by atoms with Crippen LogP contribution < -0.4 is 0 Å². The van der Waals surface area contributed by atoms with E-state index in [1.54, 1.807) is 6.07 Å². The maximum absolute atomic E-state index is 13.4. The Balaban J connectivity index is 1.44. The first kappa shape index (κ1) is 16.4. The summed E-state index contributed by atoms with van der Waals surface area (Å²) in [5.74, 6) is 1.38. The number of hydrogen-bond acceptors (Lipinski definition) is 4. The molecule has 1 N–H and O–H groups in total. The second-order valence-electron chi connectivity index (χ2n) is 6.61. The van der Waals surface area contributed by atoms with Gasteiger partial charge in [0.05, 0.1) is 11.0 Å². The first-order valence-corrected chi connectivity index (χ1v) is 8.82. The standard InChI is InChI=1S/C22H15FN4O/c1-13-2-4-16(5-3-13)22-26-21(27-28-22)15-8-6-14(7-9-15)20-24-18-11-10-17(23)12-19(18)25-20/h2-12H,1H3,(H,24,25). The van der Waals surface area contributed by atoms with Crippen molar-refractivity contribution < 1.29 is 8.91 Å². The number of fused-ring (bicyclic) bond motifs is 1. The molecule has 136 valence electrons. The van der Waals surface area contributed by atoms with E-state index in [9.17, 15) is 4.39 Å². The van der Waals surface area contributed by atoms with Gasteiger partial charge in [0.2, 0.25) is 5.82 Å². The lowest BCUT2D eigenvalue weighted by Gasteiger charge is -1.98. The van der Waals surface area contributed by atoms with Gasteiger partial charge in [0, 0.05) is 22.8 Å². The number of H-pyrrole nitrogens is 1. The summed E-state index contributed by atoms with van der Waals surface area (Å²) in [4.78, 5) is 12.1. The van der Waals surface area contributed by atoms with Gasteiger partial charge in [-0.05, 0) is 31.2 Å². The second-order valence-corrected chi connectivity index (χ2v) is 6.61. The number of aromatic nitrogens is 4. The van der Waals surface area contributed by atoms with Gasteiger partial charge in [-0.3, -0.25) is 0 Å². The number of halogens is 1. The lowest BCUT2D eigenvalue weighted by molar-refractivity contribution is 0.432. The molecule has 28 heavy (non-hydrogen) atoms. The number of aryl methyl sites for hydroxylation is 1. The van der Waals surface area contributed by atoms with Crippen LogP contribution in [0.1, 0.15) is 5.56 Å². The highest BCUT2D eigenvalue weighted by Crippen LogP contribution is 2.26. The topological polar surface area (TPSA) is 67.6 Å². The maximum atomic E-state index is 13.4. The summed E-state index contributed by atoms with van der Waals surface area (Å²) in [6, 6.07) is 20.1. The van der Waals surface area contributed by atoms with Crippen molar-refractivity contribution in [3.05, 3.63) is 78.1 Å². The van der Waals surface area contributed by atoms with E-state index in [1.165, 1.54) is 17.7 Å². The molecule has 0 bridgehead atoms. The largest absolute Gasteiger partial charge is 0.338 e. The molecule has 0 aliphatic rings. The lowest BCUT2D eigenvalue weighted by Crippen LogP contribution is -1.84. The molecule has 6 heteroatoms. The van der Waals surface area contributed by atoms with Crippen LogP contribution in [-0.2, 0) is 0 Å². The zero-order valence-electron chi connectivity index (χ0n) is 15.0. The SMILES string of the molecule is Cc1ccc(-c2nc(-c3ccc(-c4nc5cc(F)ccc5[nH]4)cc3)no2)cc1. The van der Waals surface area contributed by atoms with Crippen molar-refractivity contribution in [3.8, 4) is 34.2 Å². The molecule has 0 radical (unpaired) electrons. The summed E-state index contributed by atoms with van der Waals surface area (Å²) in [5, 5.41) is 4.08. The molecule has 0 aliphatic carbocycles. The molecule has 0 spiro atoms. The predicted octanol–water partition coefficient (Wildman–Crippen LogP) is 5.39. The minimum Gasteiger partial charge on any atom is -0.338 e. The van der Waals surface area contributed by atoms with Crippen LogP contribution in [0.2, 0.25) is 0 Å². The highest BCUT2D eigenvalue weighted by atomic mass is 19.1. The van der Waals surface area contributed by atoms with E-state index in [1.807, 2.05) is 55.5 Å². The molecular weight excluding hydrogens is 355 g/mol. The first-order valence-electron chi connectivity index (χ1n) is 8.82. The third kappa shape index (κ3) is 2.95. The van der Waals surface area contributed by atoms with Crippen LogP contribution in [0.15, 0.2) is 71.3 Å². The Kier molecular flexibility index (Phi) is 3.76. The van der Waals surface area contributed by atoms with Gasteiger partial charge in [0.15, 0.2) is 0 Å². The molecule has 0 atom stereocenters. The minimum absolute atomic E-state index is 0.303. The molecule has 0 saturated carbocycles. The van der Waals surface area contributed by atoms with Gasteiger partial charge in [0.25, 0.3) is 5.89 Å². The predicted molar refractivity (Wildman–Crippen MR) is 105 cm³/mol. The van der Waals surface area contributed by atoms with E-state index in [-0.39, 0.29) is 5.82 Å². The van der Waals surface area contributed by atoms with Gasteiger partial charge in [-0.25, -0.2) is 9.37 Å². The summed E-state index contributed by atoms with van der Waals surface area (Å²) in [7, 11) is 0. The third-order valence-corrected chi connectivity index (χ3v) is 4.59. The lowest BCUT2D eigenvalue weighted by atomic mass is 10.1. The third-order valence-electron chi connectivity index (χ3n) is 4.59. The molecule has 2 aromatic heterocycles. The second kappa shape index (κ2) is 6.42. The number of hydrogen-bond donors (Lipinski definition) is 1. The van der Waals surface area contributed by atoms with E-state index < -0.39 is 0 Å². The molecule has 0 aliphatic heterocycles. The smallest absolute Gasteiger partial charge is 0.258 e. The van der Waals surface area contributed by atoms with Crippen LogP contribution in [0.4, 0.5) is 4.39 Å². The summed E-state index contributed by atoms with van der Waals surface area (Å²) >= 11 is 0. The van der Waals surface area contributed by atoms with Gasteiger partial charge >= 0.3 is 0 Å². The molecule has 0 saturated heterocycles. The Labute approximate surface area is 159 Å². The van der Waals surface area contributed by atoms with Crippen molar-refractivity contribution in [2.45, 2.75) is 6.92 Å². The van der Waals surface area contributed by atoms with Crippen molar-refractivity contribution >= 4 is 11.0 Å². The van der Waals surface area contributed by atoms with Gasteiger partial charge in [-0.2, -0.15) is 4.98 Å². The van der Waals surface area contributed by atoms with Gasteiger partial charge in [-0.1, -0.05) is 47.1 Å². The van der Waals surface area contributed by atoms with Crippen LogP contribution in [0.5, 0.6) is 0 Å². The fourth-order valence-electron chi connectivity index (χ4n) is 3.05. The maximum Gasteiger partial charge on any atom is 0.258 e. The summed E-state index contributed by atoms with van der Waals surface area (Å²) in [6.45, 7) is 2.03. The summed E-state index contributed by atoms with van der Waals surface area (Å²) in [5.41, 5.74) is 5.18. The van der Waals surface area contributed by atoms with E-state index in [0.29, 0.717) is 23.1 Å². The molecular formula is C22H15FN4O. The van der Waals surface area contributed by atoms with Crippen LogP contribution >= 0.6 is 0 Å². The number of nitrogens with one attached hydrogen (secondary N) is 1. The summed E-state index contributed by atoms with van der Waals surface area (Å²) < 4.78 is 18.8. The summed E-state index contributed by atoms with van der Waals surface area (Å²) in [6.07, 6.45) is 0. The number of benzene rings is 3. The van der Waals surface area contributed by atoms with Crippen molar-refractivity contribution in [1.29, 1.82) is 0 Å². The average Bonchev–Trinajstić information content (AvgIpc) is 3.36. The van der Waals surface area contributed by atoms with E-state index >= 15 is 0 Å². The number of aromatic amines is 1. The number of rotatable bonds is 3. The highest BCUT2D eigenvalue weighted by Gasteiger charge is 2.12. The average molecular weight is 370 g/mol. The van der Waals surface area contributed by atoms with Crippen molar-refractivity contribution in [1.82, 2.24) is 20.1 Å². The van der Waals surface area contributed by atoms with Gasteiger partial charge < -0.3 is 9.51 Å². The quantitative estimate of drug-likeness (QED) is 0.462. The highest BCUT2D eigenvalue weighted by molar-refractivity contribution is 5.79. The monoisotopic (exact) mass is 370 g/mol. The zero-order valence-corrected chi connectivity index (χ0v) is 15.0. The number of imidazole rings is 1. The fourth-order valence-corrected chi connectivity index (χ4v) is 3.05. The minimum atomic E-state index is -0.303. The first-order chi connectivity index (χ1) is 13.7. The van der Waals surface area contributed by atoms with Gasteiger partial charge in [0.1, 0.15) is 11.6 Å². The number of nitrogens with zero attached hydrogens (tertiary/aromatic N) is 3. The molecule has 3 aromatic carbocycles. The van der Waals surface area contributed by atoms with Crippen molar-refractivity contribution in [2.75, 3.05) is 0 Å². The van der Waals surface area contributed by atoms with Gasteiger partial charge in [-0.15, -0.1) is 0 Å². The Hall–Kier alpha value is -3.80. The molecule has 0 fully saturated rings. The van der Waals surface area contributed by atoms with Crippen LogP contribution in [0.3, 0.4) is 0 Å². The van der Waals surface area contributed by atoms with E-state index in [4.69, 9.17) is 4.52 Å². The van der Waals surface area contributed by atoms with Crippen molar-refractivity contribution in [2.24, 2.45) is 0 Å². The van der Waals surface area contributed by atoms with Crippen molar-refractivity contribution in [3.63, 3.8) is 0 Å². The molecule has 5 rings (SSSR count). The zero-order chi connectivity index (χ0) is 19.1. The Morgan fingerprint density at radius 3 is 2.32 bits per heavy atom. The molecule has 5 nitrogen and oxygen atoms in total. The normalized spacial score (nSPS) is 11.2. The molecule has 0 amide bonds. The van der Waals surface area contributed by atoms with Crippen LogP contribution in [-0.4, -0.2) is 20.1 Å². The van der Waals surface area contributed by atoms with Crippen LogP contribution in [0, 0.1) is 12.7 Å². The molecule has 5 aromatic rings. The van der Waals surface area contributed by atoms with E-state index in [0.717, 1.165) is 22.2 Å².